The van der Waals surface area contributed by atoms with Gasteiger partial charge < -0.3 is 31.4 Å². The topological polar surface area (TPSA) is 141 Å². The zero-order valence-electron chi connectivity index (χ0n) is 18.8. The molecule has 6 N–H and O–H groups in total. The van der Waals surface area contributed by atoms with Crippen LogP contribution in [0.15, 0.2) is 36.2 Å². The molecule has 1 aromatic carbocycles. The van der Waals surface area contributed by atoms with Crippen LogP contribution in [0.2, 0.25) is 0 Å². The van der Waals surface area contributed by atoms with E-state index in [1.54, 1.807) is 11.5 Å². The fourth-order valence-corrected chi connectivity index (χ4v) is 4.43. The van der Waals surface area contributed by atoms with E-state index in [1.165, 1.54) is 18.3 Å². The Morgan fingerprint density at radius 1 is 1.23 bits per heavy atom. The first-order valence-corrected chi connectivity index (χ1v) is 10.9. The molecule has 2 aliphatic rings. The molecule has 12 heteroatoms. The van der Waals surface area contributed by atoms with Crippen molar-refractivity contribution in [1.29, 1.82) is 0 Å². The monoisotopic (exact) mass is 491 g/mol. The number of hydrogen-bond acceptors (Lipinski definition) is 6. The summed E-state index contributed by atoms with van der Waals surface area (Å²) in [5.74, 6) is -2.74. The molecule has 9 nitrogen and oxygen atoms in total. The van der Waals surface area contributed by atoms with E-state index in [2.05, 4.69) is 15.4 Å². The second-order valence-corrected chi connectivity index (χ2v) is 8.57. The number of anilines is 1. The van der Waals surface area contributed by atoms with E-state index in [9.17, 15) is 27.6 Å². The minimum atomic E-state index is -4.87. The van der Waals surface area contributed by atoms with E-state index < -0.39 is 35.2 Å². The number of carbonyl (C=O) groups is 3. The van der Waals surface area contributed by atoms with Crippen LogP contribution in [0.1, 0.15) is 51.4 Å². The lowest BCUT2D eigenvalue weighted by Crippen LogP contribution is -2.44. The Hall–Kier alpha value is -3.96. The molecule has 0 radical (unpaired) electrons. The van der Waals surface area contributed by atoms with Crippen LogP contribution in [-0.2, 0) is 17.8 Å². The number of nitrogens with two attached hydrogens (primary N) is 2. The van der Waals surface area contributed by atoms with Crippen molar-refractivity contribution >= 4 is 23.3 Å². The van der Waals surface area contributed by atoms with Gasteiger partial charge in [-0.3, -0.25) is 14.4 Å². The summed E-state index contributed by atoms with van der Waals surface area (Å²) in [6.07, 6.45) is -1.41. The number of carbonyl (C=O) groups excluding carboxylic acids is 3. The number of alkyl halides is 3. The number of halogens is 3. The van der Waals surface area contributed by atoms with E-state index in [-0.39, 0.29) is 22.6 Å². The average Bonchev–Trinajstić information content (AvgIpc) is 3.31. The van der Waals surface area contributed by atoms with E-state index in [1.807, 2.05) is 0 Å². The van der Waals surface area contributed by atoms with Crippen LogP contribution in [-0.4, -0.2) is 34.1 Å². The van der Waals surface area contributed by atoms with Crippen LogP contribution >= 0.6 is 0 Å². The first-order chi connectivity index (χ1) is 16.5. The van der Waals surface area contributed by atoms with Gasteiger partial charge in [-0.1, -0.05) is 6.07 Å². The fraction of sp³-hybridized carbons (Fsp3) is 0.348. The first-order valence-electron chi connectivity index (χ1n) is 10.9. The third kappa shape index (κ3) is 4.68. The molecular formula is C23H24F3N5O4. The van der Waals surface area contributed by atoms with Gasteiger partial charge in [-0.2, -0.15) is 0 Å². The molecule has 0 atom stereocenters. The van der Waals surface area contributed by atoms with E-state index in [0.29, 0.717) is 43.5 Å². The number of ketones is 1. The Bertz CT molecular complexity index is 1240. The van der Waals surface area contributed by atoms with Gasteiger partial charge in [0.15, 0.2) is 0 Å². The molecule has 35 heavy (non-hydrogen) atoms. The third-order valence-electron chi connectivity index (χ3n) is 6.22. The molecule has 186 valence electrons. The standard InChI is InChI=1S/C23H24F3N5O4/c1-12-17(19(32)21(34)30-22(7-8-22)16(28)11-27)15-6-3-9-31(15)18(12)20(33)29-13-4-2-5-14(10-13)35-23(24,25)26/h2,4-5,10-11H,3,6-9,27-28H2,1H3,(H,29,33)(H,30,34)/b16-11-. The minimum absolute atomic E-state index is 0.0787. The highest BCUT2D eigenvalue weighted by atomic mass is 19.4. The summed E-state index contributed by atoms with van der Waals surface area (Å²) < 4.78 is 43.1. The highest BCUT2D eigenvalue weighted by Crippen LogP contribution is 2.40. The summed E-state index contributed by atoms with van der Waals surface area (Å²) in [6.45, 7) is 2.02. The van der Waals surface area contributed by atoms with E-state index >= 15 is 0 Å². The smallest absolute Gasteiger partial charge is 0.406 e. The normalized spacial score (nSPS) is 16.4. The van der Waals surface area contributed by atoms with Gasteiger partial charge in [0.2, 0.25) is 0 Å². The summed E-state index contributed by atoms with van der Waals surface area (Å²) in [5.41, 5.74) is 12.0. The van der Waals surface area contributed by atoms with Gasteiger partial charge in [-0.25, -0.2) is 0 Å². The molecule has 0 unspecified atom stereocenters. The van der Waals surface area contributed by atoms with Crippen molar-refractivity contribution in [3.8, 4) is 5.75 Å². The number of hydrogen-bond donors (Lipinski definition) is 4. The van der Waals surface area contributed by atoms with Crippen molar-refractivity contribution in [1.82, 2.24) is 9.88 Å². The molecule has 1 saturated carbocycles. The third-order valence-corrected chi connectivity index (χ3v) is 6.22. The zero-order chi connectivity index (χ0) is 25.5. The van der Waals surface area contributed by atoms with Gasteiger partial charge in [0.25, 0.3) is 17.6 Å². The molecule has 1 aliphatic heterocycles. The maximum atomic E-state index is 13.1. The van der Waals surface area contributed by atoms with Crippen molar-refractivity contribution in [2.45, 2.75) is 51.1 Å². The summed E-state index contributed by atoms with van der Waals surface area (Å²) in [7, 11) is 0. The maximum Gasteiger partial charge on any atom is 0.573 e. The molecule has 4 rings (SSSR count). The number of nitrogens with zero attached hydrogens (tertiary/aromatic N) is 1. The van der Waals surface area contributed by atoms with Crippen molar-refractivity contribution < 1.29 is 32.3 Å². The van der Waals surface area contributed by atoms with Crippen molar-refractivity contribution in [3.05, 3.63) is 58.7 Å². The van der Waals surface area contributed by atoms with E-state index in [4.69, 9.17) is 11.5 Å². The van der Waals surface area contributed by atoms with Gasteiger partial charge in [0.05, 0.1) is 11.1 Å². The van der Waals surface area contributed by atoms with Crippen LogP contribution < -0.4 is 26.8 Å². The number of rotatable bonds is 7. The van der Waals surface area contributed by atoms with Crippen LogP contribution in [0.3, 0.4) is 0 Å². The fourth-order valence-electron chi connectivity index (χ4n) is 4.43. The molecule has 2 heterocycles. The lowest BCUT2D eigenvalue weighted by molar-refractivity contribution is -0.274. The quantitative estimate of drug-likeness (QED) is 0.346. The van der Waals surface area contributed by atoms with Crippen molar-refractivity contribution in [2.24, 2.45) is 11.5 Å². The molecule has 1 aromatic heterocycles. The Kier molecular flexibility index (Phi) is 5.99. The van der Waals surface area contributed by atoms with Crippen LogP contribution in [0.25, 0.3) is 0 Å². The number of amides is 2. The lowest BCUT2D eigenvalue weighted by Gasteiger charge is -2.17. The summed E-state index contributed by atoms with van der Waals surface area (Å²) >= 11 is 0. The number of aromatic nitrogens is 1. The summed E-state index contributed by atoms with van der Waals surface area (Å²) in [6, 6.07) is 4.87. The van der Waals surface area contributed by atoms with Crippen LogP contribution in [0.5, 0.6) is 5.75 Å². The largest absolute Gasteiger partial charge is 0.573 e. The summed E-state index contributed by atoms with van der Waals surface area (Å²) in [5, 5.41) is 5.21. The minimum Gasteiger partial charge on any atom is -0.406 e. The van der Waals surface area contributed by atoms with E-state index in [0.717, 1.165) is 12.1 Å². The molecule has 0 spiro atoms. The zero-order valence-corrected chi connectivity index (χ0v) is 18.8. The Balaban J connectivity index is 1.59. The molecule has 0 bridgehead atoms. The Morgan fingerprint density at radius 3 is 2.57 bits per heavy atom. The SMILES string of the molecule is Cc1c(C(=O)C(=O)NC2(/C(N)=C/N)CC2)c2n(c1C(=O)Nc1cccc(OC(F)(F)F)c1)CCC2. The first kappa shape index (κ1) is 24.2. The predicted molar refractivity (Wildman–Crippen MR) is 119 cm³/mol. The van der Waals surface area contributed by atoms with Gasteiger partial charge in [-0.15, -0.1) is 13.2 Å². The lowest BCUT2D eigenvalue weighted by atomic mass is 10.0. The van der Waals surface area contributed by atoms with Crippen LogP contribution in [0.4, 0.5) is 18.9 Å². The Morgan fingerprint density at radius 2 is 1.94 bits per heavy atom. The second-order valence-electron chi connectivity index (χ2n) is 8.57. The molecule has 1 aliphatic carbocycles. The molecule has 1 fully saturated rings. The Labute approximate surface area is 198 Å². The molecular weight excluding hydrogens is 467 g/mol. The van der Waals surface area contributed by atoms with Crippen molar-refractivity contribution in [2.75, 3.05) is 5.32 Å². The molecule has 0 saturated heterocycles. The highest BCUT2D eigenvalue weighted by Gasteiger charge is 2.48. The van der Waals surface area contributed by atoms with Crippen LogP contribution in [0, 0.1) is 6.92 Å². The predicted octanol–water partition coefficient (Wildman–Crippen LogP) is 2.48. The molecule has 2 amide bonds. The maximum absolute atomic E-state index is 13.1. The number of benzene rings is 1. The number of ether oxygens (including phenoxy) is 1. The molecule has 2 aromatic rings. The van der Waals surface area contributed by atoms with Gasteiger partial charge >= 0.3 is 6.36 Å². The summed E-state index contributed by atoms with van der Waals surface area (Å²) in [4.78, 5) is 39.1. The van der Waals surface area contributed by atoms with Crippen molar-refractivity contribution in [3.63, 3.8) is 0 Å². The number of nitrogens with one attached hydrogen (secondary N) is 2. The highest BCUT2D eigenvalue weighted by molar-refractivity contribution is 6.44. The van der Waals surface area contributed by atoms with Gasteiger partial charge in [0.1, 0.15) is 11.4 Å². The van der Waals surface area contributed by atoms with Gasteiger partial charge in [0, 0.05) is 35.9 Å². The second kappa shape index (κ2) is 8.67. The van der Waals surface area contributed by atoms with Gasteiger partial charge in [-0.05, 0) is 50.3 Å². The average molecular weight is 491 g/mol. The number of fused-ring (bicyclic) bond motifs is 1. The number of Topliss-reactive ketones (excluding diaryl/α,β-unsaturated/α-hetero) is 1.